The van der Waals surface area contributed by atoms with E-state index in [0.717, 1.165) is 5.56 Å². The standard InChI is InChI=1S/C26H40N4O5/c1-7-15(4)21-25(34)28-20(14(2)3)24(33)30-22(16(5)17(6)31)26(35)27-19(23(32)29-21)13-18-11-9-8-10-12-18/h8-12,14-17,19-22,31H,7,13H2,1-6H3,(H,27,35)(H,28,34)(H,29,32)(H,30,33). The van der Waals surface area contributed by atoms with E-state index >= 15 is 0 Å². The van der Waals surface area contributed by atoms with Crippen molar-refractivity contribution in [3.63, 3.8) is 0 Å². The summed E-state index contributed by atoms with van der Waals surface area (Å²) in [5.41, 5.74) is 0.827. The Balaban J connectivity index is 2.51. The Morgan fingerprint density at radius 3 is 1.80 bits per heavy atom. The van der Waals surface area contributed by atoms with E-state index in [1.54, 1.807) is 20.8 Å². The Bertz CT molecular complexity index is 889. The van der Waals surface area contributed by atoms with Crippen molar-refractivity contribution in [2.24, 2.45) is 17.8 Å². The number of hydrogen-bond acceptors (Lipinski definition) is 5. The summed E-state index contributed by atoms with van der Waals surface area (Å²) in [4.78, 5) is 53.2. The molecule has 0 bridgehead atoms. The van der Waals surface area contributed by atoms with Crippen LogP contribution in [0.2, 0.25) is 0 Å². The Hall–Kier alpha value is -2.94. The van der Waals surface area contributed by atoms with Crippen LogP contribution in [0.5, 0.6) is 0 Å². The molecular formula is C26H40N4O5. The second-order valence-corrected chi connectivity index (χ2v) is 9.94. The van der Waals surface area contributed by atoms with Crippen molar-refractivity contribution < 1.29 is 24.3 Å². The SMILES string of the molecule is CCC(C)C1NC(=O)C(Cc2ccccc2)NC(=O)C(C(C)C(C)O)NC(=O)C(C(C)C)NC1=O. The van der Waals surface area contributed by atoms with Crippen molar-refractivity contribution >= 4 is 23.6 Å². The molecule has 7 unspecified atom stereocenters. The van der Waals surface area contributed by atoms with Crippen LogP contribution in [0.3, 0.4) is 0 Å². The molecule has 0 spiro atoms. The second-order valence-electron chi connectivity index (χ2n) is 9.94. The van der Waals surface area contributed by atoms with Gasteiger partial charge in [0.05, 0.1) is 6.10 Å². The van der Waals surface area contributed by atoms with Crippen molar-refractivity contribution in [3.8, 4) is 0 Å². The lowest BCUT2D eigenvalue weighted by Gasteiger charge is -2.34. The second kappa shape index (κ2) is 12.7. The van der Waals surface area contributed by atoms with E-state index in [-0.39, 0.29) is 18.3 Å². The summed E-state index contributed by atoms with van der Waals surface area (Å²) in [6, 6.07) is 5.35. The van der Waals surface area contributed by atoms with Crippen LogP contribution >= 0.6 is 0 Å². The van der Waals surface area contributed by atoms with Gasteiger partial charge in [0.1, 0.15) is 24.2 Å². The predicted octanol–water partition coefficient (Wildman–Crippen LogP) is 0.901. The van der Waals surface area contributed by atoms with Crippen molar-refractivity contribution in [2.45, 2.75) is 84.7 Å². The molecule has 1 aromatic rings. The molecule has 35 heavy (non-hydrogen) atoms. The Morgan fingerprint density at radius 2 is 1.26 bits per heavy atom. The number of hydrogen-bond donors (Lipinski definition) is 5. The number of rotatable bonds is 7. The van der Waals surface area contributed by atoms with E-state index in [1.807, 2.05) is 44.2 Å². The first-order chi connectivity index (χ1) is 16.5. The number of aliphatic hydroxyl groups is 1. The normalized spacial score (nSPS) is 26.9. The summed E-state index contributed by atoms with van der Waals surface area (Å²) in [7, 11) is 0. The van der Waals surface area contributed by atoms with Gasteiger partial charge in [0.2, 0.25) is 23.6 Å². The minimum Gasteiger partial charge on any atom is -0.393 e. The molecule has 0 radical (unpaired) electrons. The van der Waals surface area contributed by atoms with Crippen molar-refractivity contribution in [1.82, 2.24) is 21.3 Å². The molecule has 1 fully saturated rings. The molecule has 7 atom stereocenters. The Morgan fingerprint density at radius 1 is 0.743 bits per heavy atom. The molecule has 1 heterocycles. The molecular weight excluding hydrogens is 448 g/mol. The van der Waals surface area contributed by atoms with Gasteiger partial charge in [0.25, 0.3) is 0 Å². The van der Waals surface area contributed by atoms with Gasteiger partial charge in [-0.3, -0.25) is 19.2 Å². The molecule has 0 aliphatic carbocycles. The zero-order chi connectivity index (χ0) is 26.3. The zero-order valence-corrected chi connectivity index (χ0v) is 21.5. The molecule has 1 aliphatic rings. The molecule has 1 aromatic carbocycles. The minimum atomic E-state index is -1.10. The van der Waals surface area contributed by atoms with Crippen LogP contribution in [0.1, 0.15) is 53.5 Å². The van der Waals surface area contributed by atoms with E-state index in [0.29, 0.717) is 6.42 Å². The molecule has 5 N–H and O–H groups in total. The van der Waals surface area contributed by atoms with Gasteiger partial charge in [-0.25, -0.2) is 0 Å². The molecule has 0 saturated carbocycles. The molecule has 0 aromatic heterocycles. The quantitative estimate of drug-likeness (QED) is 0.388. The van der Waals surface area contributed by atoms with Crippen LogP contribution in [0.25, 0.3) is 0 Å². The van der Waals surface area contributed by atoms with Crippen LogP contribution < -0.4 is 21.3 Å². The topological polar surface area (TPSA) is 137 Å². The summed E-state index contributed by atoms with van der Waals surface area (Å²) in [5, 5.41) is 21.3. The lowest BCUT2D eigenvalue weighted by molar-refractivity contribution is -0.139. The monoisotopic (exact) mass is 488 g/mol. The van der Waals surface area contributed by atoms with Crippen LogP contribution in [0.15, 0.2) is 30.3 Å². The van der Waals surface area contributed by atoms with Crippen LogP contribution in [0.4, 0.5) is 0 Å². The van der Waals surface area contributed by atoms with E-state index < -0.39 is 59.8 Å². The van der Waals surface area contributed by atoms with Gasteiger partial charge in [-0.1, -0.05) is 71.4 Å². The fourth-order valence-corrected chi connectivity index (χ4v) is 4.01. The highest BCUT2D eigenvalue weighted by Gasteiger charge is 2.38. The summed E-state index contributed by atoms with van der Waals surface area (Å²) < 4.78 is 0. The maximum atomic E-state index is 13.4. The van der Waals surface area contributed by atoms with Gasteiger partial charge in [0.15, 0.2) is 0 Å². The van der Waals surface area contributed by atoms with E-state index in [2.05, 4.69) is 21.3 Å². The third-order valence-electron chi connectivity index (χ3n) is 6.82. The van der Waals surface area contributed by atoms with Gasteiger partial charge in [-0.15, -0.1) is 0 Å². The lowest BCUT2D eigenvalue weighted by atomic mass is 9.92. The van der Waals surface area contributed by atoms with Crippen LogP contribution in [-0.4, -0.2) is 59.0 Å². The third-order valence-corrected chi connectivity index (χ3v) is 6.82. The summed E-state index contributed by atoms with van der Waals surface area (Å²) >= 11 is 0. The number of amides is 4. The third kappa shape index (κ3) is 7.52. The molecule has 194 valence electrons. The van der Waals surface area contributed by atoms with E-state index in [9.17, 15) is 24.3 Å². The average Bonchev–Trinajstić information content (AvgIpc) is 2.82. The van der Waals surface area contributed by atoms with Crippen molar-refractivity contribution in [3.05, 3.63) is 35.9 Å². The van der Waals surface area contributed by atoms with E-state index in [4.69, 9.17) is 0 Å². The van der Waals surface area contributed by atoms with Gasteiger partial charge in [0, 0.05) is 12.3 Å². The highest BCUT2D eigenvalue weighted by atomic mass is 16.3. The van der Waals surface area contributed by atoms with E-state index in [1.165, 1.54) is 6.92 Å². The summed E-state index contributed by atoms with van der Waals surface area (Å²) in [5.74, 6) is -3.14. The molecule has 2 rings (SSSR count). The number of carbonyl (C=O) groups is 4. The molecule has 9 nitrogen and oxygen atoms in total. The molecule has 9 heteroatoms. The fraction of sp³-hybridized carbons (Fsp3) is 0.615. The average molecular weight is 489 g/mol. The largest absolute Gasteiger partial charge is 0.393 e. The lowest BCUT2D eigenvalue weighted by Crippen LogP contribution is -2.64. The highest BCUT2D eigenvalue weighted by Crippen LogP contribution is 2.15. The molecule has 4 amide bonds. The van der Waals surface area contributed by atoms with Crippen LogP contribution in [-0.2, 0) is 25.6 Å². The number of nitrogens with one attached hydrogen (secondary N) is 4. The number of aliphatic hydroxyl groups excluding tert-OH is 1. The first kappa shape index (κ1) is 28.3. The van der Waals surface area contributed by atoms with Gasteiger partial charge in [-0.05, 0) is 24.3 Å². The summed E-state index contributed by atoms with van der Waals surface area (Å²) in [6.07, 6.45) is -0.0751. The zero-order valence-electron chi connectivity index (χ0n) is 21.5. The van der Waals surface area contributed by atoms with Crippen molar-refractivity contribution in [2.75, 3.05) is 0 Å². The predicted molar refractivity (Wildman–Crippen MR) is 133 cm³/mol. The van der Waals surface area contributed by atoms with Gasteiger partial charge in [-0.2, -0.15) is 0 Å². The fourth-order valence-electron chi connectivity index (χ4n) is 4.01. The number of carbonyl (C=O) groups excluding carboxylic acids is 4. The maximum Gasteiger partial charge on any atom is 0.243 e. The van der Waals surface area contributed by atoms with Gasteiger partial charge < -0.3 is 26.4 Å². The summed E-state index contributed by atoms with van der Waals surface area (Å²) in [6.45, 7) is 10.5. The molecule has 1 saturated heterocycles. The first-order valence-electron chi connectivity index (χ1n) is 12.4. The smallest absolute Gasteiger partial charge is 0.243 e. The number of benzene rings is 1. The minimum absolute atomic E-state index is 0.200. The Kier molecular flexibility index (Phi) is 10.2. The Labute approximate surface area is 207 Å². The maximum absolute atomic E-state index is 13.4. The van der Waals surface area contributed by atoms with Crippen molar-refractivity contribution in [1.29, 1.82) is 0 Å². The molecule has 1 aliphatic heterocycles. The van der Waals surface area contributed by atoms with Gasteiger partial charge >= 0.3 is 0 Å². The highest BCUT2D eigenvalue weighted by molar-refractivity contribution is 5.97. The first-order valence-corrected chi connectivity index (χ1v) is 12.4. The van der Waals surface area contributed by atoms with Crippen LogP contribution in [0, 0.1) is 17.8 Å².